The van der Waals surface area contributed by atoms with E-state index in [2.05, 4.69) is 41.9 Å². The number of carbonyl (C=O) groups is 3. The molecule has 6 rings (SSSR count). The molecule has 4 atom stereocenters. The van der Waals surface area contributed by atoms with Crippen LogP contribution in [0.2, 0.25) is 0 Å². The Bertz CT molecular complexity index is 2300. The molecule has 324 valence electrons. The van der Waals surface area contributed by atoms with E-state index in [-0.39, 0.29) is 47.1 Å². The molecule has 60 heavy (non-hydrogen) atoms. The van der Waals surface area contributed by atoms with Crippen molar-refractivity contribution in [3.05, 3.63) is 107 Å². The third-order valence-electron chi connectivity index (χ3n) is 12.8. The monoisotopic (exact) mass is 863 g/mol. The highest BCUT2D eigenvalue weighted by Crippen LogP contribution is 2.55. The van der Waals surface area contributed by atoms with Gasteiger partial charge in [0.1, 0.15) is 0 Å². The highest BCUT2D eigenvalue weighted by molar-refractivity contribution is 7.89. The van der Waals surface area contributed by atoms with Crippen LogP contribution in [0.5, 0.6) is 0 Å². The molecule has 13 nitrogen and oxygen atoms in total. The Morgan fingerprint density at radius 2 is 1.60 bits per heavy atom. The molecule has 4 unspecified atom stereocenters. The lowest BCUT2D eigenvalue weighted by molar-refractivity contribution is -0.197. The molecule has 5 aliphatic rings. The fourth-order valence-corrected chi connectivity index (χ4v) is 11.4. The zero-order valence-corrected chi connectivity index (χ0v) is 36.6. The van der Waals surface area contributed by atoms with E-state index in [1.54, 1.807) is 12.1 Å². The molecule has 2 fully saturated rings. The maximum absolute atomic E-state index is 12.5. The predicted molar refractivity (Wildman–Crippen MR) is 229 cm³/mol. The van der Waals surface area contributed by atoms with Crippen molar-refractivity contribution in [2.45, 2.75) is 115 Å². The number of fused-ring (bicyclic) bond motifs is 2. The summed E-state index contributed by atoms with van der Waals surface area (Å²) in [5.41, 5.74) is 2.57. The topological polar surface area (TPSA) is 179 Å². The van der Waals surface area contributed by atoms with Gasteiger partial charge in [0.25, 0.3) is 32.1 Å². The van der Waals surface area contributed by atoms with Crippen LogP contribution in [0.15, 0.2) is 106 Å². The van der Waals surface area contributed by atoms with Crippen LogP contribution in [0, 0.1) is 17.3 Å². The van der Waals surface area contributed by atoms with Crippen molar-refractivity contribution in [2.75, 3.05) is 18.0 Å². The fraction of sp³-hybridized carbons (Fsp3) is 0.489. The van der Waals surface area contributed by atoms with Crippen molar-refractivity contribution in [2.24, 2.45) is 17.3 Å². The molecule has 2 N–H and O–H groups in total. The lowest BCUT2D eigenvalue weighted by atomic mass is 9.66. The lowest BCUT2D eigenvalue weighted by Gasteiger charge is -2.39. The molecule has 0 spiro atoms. The smallest absolute Gasteiger partial charge is 0.333 e. The van der Waals surface area contributed by atoms with Crippen LogP contribution in [0.25, 0.3) is 0 Å². The zero-order valence-electron chi connectivity index (χ0n) is 35.0. The SMILES string of the molecule is CC1C(S(=O)(=O)O)=CCC2C1C(C)(C)C(/C=C/C=C1/N(CCCCCC(=O)ON3C(=O)CCC3=O)c3ccc(S(=O)(=O)O)cc3C1(C)C)N2CCCC1=C/C=C\C=C/C=C\1. The summed E-state index contributed by atoms with van der Waals surface area (Å²) in [7, 11) is -8.84. The molecule has 2 saturated heterocycles. The predicted octanol–water partition coefficient (Wildman–Crippen LogP) is 7.53. The summed E-state index contributed by atoms with van der Waals surface area (Å²) in [6, 6.07) is 4.55. The molecule has 2 amide bonds. The minimum Gasteiger partial charge on any atom is -0.344 e. The van der Waals surface area contributed by atoms with Gasteiger partial charge < -0.3 is 9.74 Å². The third kappa shape index (κ3) is 9.55. The van der Waals surface area contributed by atoms with Gasteiger partial charge in [-0.25, -0.2) is 4.79 Å². The molecule has 1 aromatic carbocycles. The number of benzene rings is 1. The van der Waals surface area contributed by atoms with Crippen molar-refractivity contribution in [3.8, 4) is 0 Å². The summed E-state index contributed by atoms with van der Waals surface area (Å²) >= 11 is 0. The second-order valence-corrected chi connectivity index (χ2v) is 20.2. The number of carbonyl (C=O) groups excluding carboxylic acids is 3. The van der Waals surface area contributed by atoms with Crippen molar-refractivity contribution in [1.82, 2.24) is 9.96 Å². The van der Waals surface area contributed by atoms with Crippen LogP contribution in [0.3, 0.4) is 0 Å². The molecule has 0 saturated carbocycles. The summed E-state index contributed by atoms with van der Waals surface area (Å²) < 4.78 is 69.6. The van der Waals surface area contributed by atoms with Crippen molar-refractivity contribution in [3.63, 3.8) is 0 Å². The second kappa shape index (κ2) is 17.9. The molecular formula is C45H57N3O10S2. The maximum atomic E-state index is 12.5. The van der Waals surface area contributed by atoms with Crippen molar-refractivity contribution >= 4 is 43.7 Å². The Labute approximate surface area is 354 Å². The van der Waals surface area contributed by atoms with Gasteiger partial charge in [-0.1, -0.05) is 102 Å². The number of rotatable bonds is 15. The van der Waals surface area contributed by atoms with Gasteiger partial charge in [-0.05, 0) is 91.3 Å². The number of hydrogen-bond acceptors (Lipinski definition) is 10. The first kappa shape index (κ1) is 45.1. The molecule has 0 radical (unpaired) electrons. The number of hydroxylamine groups is 2. The Morgan fingerprint density at radius 3 is 2.30 bits per heavy atom. The molecule has 0 aromatic heterocycles. The number of unbranched alkanes of at least 4 members (excludes halogenated alkanes) is 2. The average Bonchev–Trinajstić information content (AvgIpc) is 3.66. The van der Waals surface area contributed by atoms with Gasteiger partial charge in [0.15, 0.2) is 0 Å². The van der Waals surface area contributed by atoms with Crippen molar-refractivity contribution < 1.29 is 45.2 Å². The Morgan fingerprint density at radius 1 is 0.900 bits per heavy atom. The highest BCUT2D eigenvalue weighted by Gasteiger charge is 2.56. The first-order valence-corrected chi connectivity index (χ1v) is 23.6. The summed E-state index contributed by atoms with van der Waals surface area (Å²) in [4.78, 5) is 45.6. The van der Waals surface area contributed by atoms with E-state index >= 15 is 0 Å². The summed E-state index contributed by atoms with van der Waals surface area (Å²) in [5.74, 6) is -2.17. The van der Waals surface area contributed by atoms with Gasteiger partial charge in [-0.3, -0.25) is 23.6 Å². The molecular weight excluding hydrogens is 807 g/mol. The van der Waals surface area contributed by atoms with E-state index in [0.29, 0.717) is 37.3 Å². The minimum atomic E-state index is -4.47. The Kier molecular flexibility index (Phi) is 13.5. The molecule has 3 aliphatic heterocycles. The normalized spacial score (nSPS) is 28.2. The second-order valence-electron chi connectivity index (χ2n) is 17.4. The first-order chi connectivity index (χ1) is 28.2. The summed E-state index contributed by atoms with van der Waals surface area (Å²) in [6.07, 6.45) is 26.3. The van der Waals surface area contributed by atoms with E-state index in [1.807, 2.05) is 63.3 Å². The van der Waals surface area contributed by atoms with E-state index in [4.69, 9.17) is 4.84 Å². The van der Waals surface area contributed by atoms with Crippen molar-refractivity contribution in [1.29, 1.82) is 0 Å². The average molecular weight is 864 g/mol. The van der Waals surface area contributed by atoms with E-state index in [1.165, 1.54) is 17.7 Å². The van der Waals surface area contributed by atoms with Crippen LogP contribution >= 0.6 is 0 Å². The zero-order chi connectivity index (χ0) is 43.6. The van der Waals surface area contributed by atoms with Crippen LogP contribution in [-0.4, -0.2) is 78.9 Å². The van der Waals surface area contributed by atoms with Gasteiger partial charge in [0.2, 0.25) is 0 Å². The molecule has 1 aromatic rings. The lowest BCUT2D eigenvalue weighted by Crippen LogP contribution is -2.41. The van der Waals surface area contributed by atoms with E-state index < -0.39 is 54.8 Å². The number of allylic oxidation sites excluding steroid dienone is 12. The largest absolute Gasteiger partial charge is 0.344 e. The number of imide groups is 1. The highest BCUT2D eigenvalue weighted by atomic mass is 32.2. The number of nitrogens with zero attached hydrogens (tertiary/aromatic N) is 3. The van der Waals surface area contributed by atoms with Gasteiger partial charge in [-0.15, -0.1) is 5.06 Å². The van der Waals surface area contributed by atoms with E-state index in [0.717, 1.165) is 36.3 Å². The van der Waals surface area contributed by atoms with Crippen LogP contribution in [0.4, 0.5) is 5.69 Å². The maximum Gasteiger partial charge on any atom is 0.333 e. The van der Waals surface area contributed by atoms with Gasteiger partial charge in [0.05, 0.1) is 9.80 Å². The molecule has 15 heteroatoms. The van der Waals surface area contributed by atoms with Crippen LogP contribution in [0.1, 0.15) is 98.0 Å². The van der Waals surface area contributed by atoms with E-state index in [9.17, 15) is 40.3 Å². The Hall–Kier alpha value is -4.41. The summed E-state index contributed by atoms with van der Waals surface area (Å²) in [5, 5.41) is 0.551. The first-order valence-electron chi connectivity index (χ1n) is 20.7. The quantitative estimate of drug-likeness (QED) is 0.101. The third-order valence-corrected chi connectivity index (χ3v) is 14.8. The number of anilines is 1. The number of hydrogen-bond donors (Lipinski definition) is 2. The van der Waals surface area contributed by atoms with Gasteiger partial charge >= 0.3 is 5.97 Å². The van der Waals surface area contributed by atoms with Gasteiger partial charge in [0, 0.05) is 54.7 Å². The molecule has 2 aliphatic carbocycles. The fourth-order valence-electron chi connectivity index (χ4n) is 9.96. The van der Waals surface area contributed by atoms with Crippen LogP contribution < -0.4 is 4.90 Å². The van der Waals surface area contributed by atoms with Crippen LogP contribution in [-0.2, 0) is 44.9 Å². The molecule has 3 heterocycles. The molecule has 0 bridgehead atoms. The standard InChI is InChI=1S/C45H57N3O10S2/c1-31-37(60(55,56)57)25-24-36-43(31)45(4,5)39(47(36)29-15-18-32-16-10-7-6-8-11-17-32)20-14-19-38-44(2,3)34-30-33(59(52,53)54)22-23-35(34)46(38)28-13-9-12-21-42(51)58-48-40(49)26-27-41(48)50/h6-8,10-11,14,16-17,19-20,22-23,25,30-31,36,39,43H,9,12-13,15,18,21,24,26-29H2,1-5H3,(H,52,53,54)(H,55,56,57)/b7-6-,8-6?,10-7?,11-8-,16-10-,17-11?,20-14+,32-16?,32-17+,38-19+. The summed E-state index contributed by atoms with van der Waals surface area (Å²) in [6.45, 7) is 11.5. The number of amides is 2. The number of likely N-dealkylation sites (tertiary alicyclic amines) is 1. The minimum absolute atomic E-state index is 0.0237. The van der Waals surface area contributed by atoms with Gasteiger partial charge in [-0.2, -0.15) is 16.8 Å². The Balaban J connectivity index is 1.25.